The third-order valence-electron chi connectivity index (χ3n) is 5.15. The number of halogens is 3. The van der Waals surface area contributed by atoms with Gasteiger partial charge in [0.2, 0.25) is 5.91 Å². The van der Waals surface area contributed by atoms with Crippen LogP contribution in [0.3, 0.4) is 0 Å². The number of hydrogen-bond donors (Lipinski definition) is 1. The van der Waals surface area contributed by atoms with Gasteiger partial charge in [0.05, 0.1) is 18.4 Å². The molecular formula is C24H19F3N2O3S. The molecule has 1 atom stereocenters. The van der Waals surface area contributed by atoms with E-state index < -0.39 is 11.7 Å². The average molecular weight is 472 g/mol. The van der Waals surface area contributed by atoms with Crippen molar-refractivity contribution in [2.75, 3.05) is 23.1 Å². The fourth-order valence-corrected chi connectivity index (χ4v) is 4.61. The molecule has 0 saturated carbocycles. The molecule has 2 amide bonds. The molecule has 170 valence electrons. The number of amides is 2. The van der Waals surface area contributed by atoms with E-state index in [0.29, 0.717) is 22.7 Å². The minimum Gasteiger partial charge on any atom is -0.497 e. The maximum absolute atomic E-state index is 12.9. The van der Waals surface area contributed by atoms with Crippen molar-refractivity contribution < 1.29 is 27.5 Å². The van der Waals surface area contributed by atoms with Gasteiger partial charge in [0, 0.05) is 16.9 Å². The summed E-state index contributed by atoms with van der Waals surface area (Å²) in [6, 6.07) is 18.3. The van der Waals surface area contributed by atoms with Crippen LogP contribution in [0.4, 0.5) is 24.5 Å². The molecule has 9 heteroatoms. The molecule has 0 spiro atoms. The van der Waals surface area contributed by atoms with Gasteiger partial charge in [0.1, 0.15) is 11.1 Å². The minimum atomic E-state index is -4.44. The predicted molar refractivity (Wildman–Crippen MR) is 122 cm³/mol. The lowest BCUT2D eigenvalue weighted by Crippen LogP contribution is -2.27. The summed E-state index contributed by atoms with van der Waals surface area (Å²) in [5.74, 6) is 0.419. The first kappa shape index (κ1) is 22.7. The highest BCUT2D eigenvalue weighted by molar-refractivity contribution is 8.00. The standard InChI is InChI=1S/C24H19F3N2O3S/c1-32-20-12-4-15(5-13-20)22(31)28-18-8-2-16(3-9-18)23-29(21(30)14-33-23)19-10-6-17(7-11-19)24(25,26)27/h2-13,23H,14H2,1H3,(H,28,31). The molecular weight excluding hydrogens is 453 g/mol. The summed E-state index contributed by atoms with van der Waals surface area (Å²) in [5, 5.41) is 2.44. The number of methoxy groups -OCH3 is 1. The minimum absolute atomic E-state index is 0.179. The van der Waals surface area contributed by atoms with Gasteiger partial charge in [-0.1, -0.05) is 12.1 Å². The Morgan fingerprint density at radius 1 is 1.00 bits per heavy atom. The zero-order chi connectivity index (χ0) is 23.6. The van der Waals surface area contributed by atoms with Gasteiger partial charge in [-0.05, 0) is 66.2 Å². The van der Waals surface area contributed by atoms with Gasteiger partial charge in [-0.3, -0.25) is 14.5 Å². The maximum atomic E-state index is 12.9. The van der Waals surface area contributed by atoms with E-state index in [1.807, 2.05) is 0 Å². The van der Waals surface area contributed by atoms with Gasteiger partial charge >= 0.3 is 6.18 Å². The van der Waals surface area contributed by atoms with Gasteiger partial charge in [-0.15, -0.1) is 11.8 Å². The summed E-state index contributed by atoms with van der Waals surface area (Å²) < 4.78 is 43.7. The molecule has 1 heterocycles. The quantitative estimate of drug-likeness (QED) is 0.514. The van der Waals surface area contributed by atoms with Crippen LogP contribution in [0.1, 0.15) is 26.9 Å². The molecule has 0 bridgehead atoms. The van der Waals surface area contributed by atoms with E-state index in [-0.39, 0.29) is 22.9 Å². The second-order valence-electron chi connectivity index (χ2n) is 7.28. The lowest BCUT2D eigenvalue weighted by Gasteiger charge is -2.25. The third-order valence-corrected chi connectivity index (χ3v) is 6.36. The van der Waals surface area contributed by atoms with Crippen LogP contribution < -0.4 is 15.0 Å². The highest BCUT2D eigenvalue weighted by Crippen LogP contribution is 2.42. The first-order valence-electron chi connectivity index (χ1n) is 9.92. The Balaban J connectivity index is 1.49. The van der Waals surface area contributed by atoms with E-state index in [1.165, 1.54) is 28.8 Å². The number of nitrogens with one attached hydrogen (secondary N) is 1. The fourth-order valence-electron chi connectivity index (χ4n) is 3.44. The number of hydrogen-bond acceptors (Lipinski definition) is 4. The largest absolute Gasteiger partial charge is 0.497 e. The van der Waals surface area contributed by atoms with Crippen LogP contribution in [0.15, 0.2) is 72.8 Å². The van der Waals surface area contributed by atoms with E-state index in [4.69, 9.17) is 4.74 Å². The summed E-state index contributed by atoms with van der Waals surface area (Å²) in [4.78, 5) is 26.4. The zero-order valence-corrected chi connectivity index (χ0v) is 18.2. The lowest BCUT2D eigenvalue weighted by molar-refractivity contribution is -0.137. The van der Waals surface area contributed by atoms with Crippen molar-refractivity contribution in [3.8, 4) is 5.75 Å². The molecule has 5 nitrogen and oxygen atoms in total. The van der Waals surface area contributed by atoms with Crippen LogP contribution >= 0.6 is 11.8 Å². The summed E-state index contributed by atoms with van der Waals surface area (Å²) in [6.45, 7) is 0. The van der Waals surface area contributed by atoms with Gasteiger partial charge in [-0.25, -0.2) is 0 Å². The number of benzene rings is 3. The highest BCUT2D eigenvalue weighted by Gasteiger charge is 2.35. The number of thioether (sulfide) groups is 1. The van der Waals surface area contributed by atoms with Crippen LogP contribution in [0, 0.1) is 0 Å². The fraction of sp³-hybridized carbons (Fsp3) is 0.167. The molecule has 1 aliphatic heterocycles. The van der Waals surface area contributed by atoms with Gasteiger partial charge < -0.3 is 10.1 Å². The molecule has 3 aromatic carbocycles. The third kappa shape index (κ3) is 4.98. The monoisotopic (exact) mass is 472 g/mol. The Kier molecular flexibility index (Phi) is 6.33. The number of nitrogens with zero attached hydrogens (tertiary/aromatic N) is 1. The molecule has 1 N–H and O–H groups in total. The van der Waals surface area contributed by atoms with E-state index in [1.54, 1.807) is 55.6 Å². The number of ether oxygens (including phenoxy) is 1. The number of carbonyl (C=O) groups is 2. The first-order chi connectivity index (χ1) is 15.8. The van der Waals surface area contributed by atoms with Gasteiger partial charge in [0.15, 0.2) is 0 Å². The SMILES string of the molecule is COc1ccc(C(=O)Nc2ccc(C3SCC(=O)N3c3ccc(C(F)(F)F)cc3)cc2)cc1. The normalized spacial score (nSPS) is 16.1. The molecule has 1 fully saturated rings. The van der Waals surface area contributed by atoms with Crippen molar-refractivity contribution in [1.82, 2.24) is 0 Å². The maximum Gasteiger partial charge on any atom is 0.416 e. The number of alkyl halides is 3. The molecule has 0 aromatic heterocycles. The van der Waals surface area contributed by atoms with Crippen molar-refractivity contribution in [2.45, 2.75) is 11.6 Å². The summed E-state index contributed by atoms with van der Waals surface area (Å²) >= 11 is 1.39. The molecule has 1 saturated heterocycles. The van der Waals surface area contributed by atoms with Crippen molar-refractivity contribution in [3.05, 3.63) is 89.5 Å². The van der Waals surface area contributed by atoms with Gasteiger partial charge in [0.25, 0.3) is 5.91 Å². The average Bonchev–Trinajstić information content (AvgIpc) is 3.20. The highest BCUT2D eigenvalue weighted by atomic mass is 32.2. The van der Waals surface area contributed by atoms with Crippen LogP contribution in [0.25, 0.3) is 0 Å². The van der Waals surface area contributed by atoms with E-state index in [9.17, 15) is 22.8 Å². The predicted octanol–water partition coefficient (Wildman–Crippen LogP) is 5.74. The van der Waals surface area contributed by atoms with E-state index >= 15 is 0 Å². The van der Waals surface area contributed by atoms with Crippen molar-refractivity contribution in [1.29, 1.82) is 0 Å². The van der Waals surface area contributed by atoms with Crippen LogP contribution in [0.2, 0.25) is 0 Å². The van der Waals surface area contributed by atoms with Crippen LogP contribution in [-0.2, 0) is 11.0 Å². The van der Waals surface area contributed by atoms with Crippen molar-refractivity contribution in [2.24, 2.45) is 0 Å². The second-order valence-corrected chi connectivity index (χ2v) is 8.34. The Hall–Kier alpha value is -3.46. The molecule has 1 unspecified atom stereocenters. The Morgan fingerprint density at radius 2 is 1.64 bits per heavy atom. The summed E-state index contributed by atoms with van der Waals surface area (Å²) in [7, 11) is 1.55. The smallest absolute Gasteiger partial charge is 0.416 e. The van der Waals surface area contributed by atoms with E-state index in [2.05, 4.69) is 5.32 Å². The molecule has 33 heavy (non-hydrogen) atoms. The number of rotatable bonds is 5. The first-order valence-corrected chi connectivity index (χ1v) is 11.0. The van der Waals surface area contributed by atoms with Gasteiger partial charge in [-0.2, -0.15) is 13.2 Å². The molecule has 0 radical (unpaired) electrons. The second kappa shape index (κ2) is 9.19. The number of carbonyl (C=O) groups excluding carboxylic acids is 2. The lowest BCUT2D eigenvalue weighted by atomic mass is 10.1. The van der Waals surface area contributed by atoms with Crippen LogP contribution in [0.5, 0.6) is 5.75 Å². The van der Waals surface area contributed by atoms with Crippen molar-refractivity contribution >= 4 is 35.0 Å². The Bertz CT molecular complexity index is 1150. The topological polar surface area (TPSA) is 58.6 Å². The number of anilines is 2. The molecule has 3 aromatic rings. The van der Waals surface area contributed by atoms with E-state index in [0.717, 1.165) is 17.7 Å². The molecule has 4 rings (SSSR count). The molecule has 1 aliphatic rings. The van der Waals surface area contributed by atoms with Crippen molar-refractivity contribution in [3.63, 3.8) is 0 Å². The Labute approximate surface area is 192 Å². The van der Waals surface area contributed by atoms with Crippen LogP contribution in [-0.4, -0.2) is 24.7 Å². The summed E-state index contributed by atoms with van der Waals surface area (Å²) in [6.07, 6.45) is -4.44. The summed E-state index contributed by atoms with van der Waals surface area (Å²) in [5.41, 5.74) is 1.49. The Morgan fingerprint density at radius 3 is 2.21 bits per heavy atom. The zero-order valence-electron chi connectivity index (χ0n) is 17.4. The molecule has 0 aliphatic carbocycles.